The maximum absolute atomic E-state index is 12.1. The lowest BCUT2D eigenvalue weighted by Crippen LogP contribution is -2.20. The van der Waals surface area contributed by atoms with Gasteiger partial charge in [-0.15, -0.1) is 0 Å². The first-order chi connectivity index (χ1) is 11.2. The molecule has 2 aromatic rings. The van der Waals surface area contributed by atoms with Gasteiger partial charge in [0.25, 0.3) is 0 Å². The van der Waals surface area contributed by atoms with Crippen LogP contribution in [0.4, 0.5) is 16.2 Å². The molecule has 2 amide bonds. The highest BCUT2D eigenvalue weighted by Crippen LogP contribution is 2.33. The van der Waals surface area contributed by atoms with Crippen molar-refractivity contribution in [3.05, 3.63) is 41.4 Å². The van der Waals surface area contributed by atoms with Gasteiger partial charge in [0.2, 0.25) is 0 Å². The summed E-state index contributed by atoms with van der Waals surface area (Å²) < 4.78 is 16.1. The molecule has 0 unspecified atom stereocenters. The van der Waals surface area contributed by atoms with Gasteiger partial charge in [-0.25, -0.2) is 4.79 Å². The van der Waals surface area contributed by atoms with Crippen LogP contribution in [-0.4, -0.2) is 26.4 Å². The molecule has 23 heavy (non-hydrogen) atoms. The van der Waals surface area contributed by atoms with Crippen molar-refractivity contribution in [2.24, 2.45) is 0 Å². The molecule has 0 atom stereocenters. The maximum Gasteiger partial charge on any atom is 0.323 e. The molecule has 120 valence electrons. The molecule has 1 heterocycles. The Morgan fingerprint density at radius 1 is 1.09 bits per heavy atom. The van der Waals surface area contributed by atoms with E-state index in [1.54, 1.807) is 36.4 Å². The molecule has 3 rings (SSSR count). The highest BCUT2D eigenvalue weighted by atomic mass is 35.5. The summed E-state index contributed by atoms with van der Waals surface area (Å²) in [7, 11) is 1.52. The number of anilines is 2. The molecular weight excluding hydrogens is 320 g/mol. The van der Waals surface area contributed by atoms with E-state index in [4.69, 9.17) is 25.8 Å². The lowest BCUT2D eigenvalue weighted by atomic mass is 10.2. The molecule has 2 N–H and O–H groups in total. The summed E-state index contributed by atoms with van der Waals surface area (Å²) >= 11 is 5.94. The van der Waals surface area contributed by atoms with Crippen molar-refractivity contribution in [2.45, 2.75) is 0 Å². The predicted molar refractivity (Wildman–Crippen MR) is 88.1 cm³/mol. The molecule has 2 aromatic carbocycles. The highest BCUT2D eigenvalue weighted by molar-refractivity contribution is 6.31. The molecule has 0 fully saturated rings. The van der Waals surface area contributed by atoms with Crippen LogP contribution in [0.2, 0.25) is 5.02 Å². The molecule has 0 spiro atoms. The quantitative estimate of drug-likeness (QED) is 0.896. The van der Waals surface area contributed by atoms with Gasteiger partial charge in [0.15, 0.2) is 11.5 Å². The molecule has 0 radical (unpaired) electrons. The van der Waals surface area contributed by atoms with Gasteiger partial charge in [-0.3, -0.25) is 0 Å². The first kappa shape index (κ1) is 15.3. The molecule has 0 saturated heterocycles. The number of methoxy groups -OCH3 is 1. The van der Waals surface area contributed by atoms with E-state index in [2.05, 4.69) is 10.6 Å². The van der Waals surface area contributed by atoms with Crippen molar-refractivity contribution in [1.29, 1.82) is 0 Å². The van der Waals surface area contributed by atoms with E-state index >= 15 is 0 Å². The number of hydrogen-bond donors (Lipinski definition) is 2. The second kappa shape index (κ2) is 6.66. The smallest absolute Gasteiger partial charge is 0.323 e. The van der Waals surface area contributed by atoms with Crippen LogP contribution in [0, 0.1) is 0 Å². The van der Waals surface area contributed by atoms with Gasteiger partial charge in [-0.2, -0.15) is 0 Å². The summed E-state index contributed by atoms with van der Waals surface area (Å²) in [6.45, 7) is 1.01. The van der Waals surface area contributed by atoms with E-state index in [9.17, 15) is 4.79 Å². The van der Waals surface area contributed by atoms with E-state index in [0.717, 1.165) is 0 Å². The van der Waals surface area contributed by atoms with Crippen molar-refractivity contribution >= 4 is 29.0 Å². The summed E-state index contributed by atoms with van der Waals surface area (Å²) in [6.07, 6.45) is 0. The van der Waals surface area contributed by atoms with Crippen LogP contribution in [0.3, 0.4) is 0 Å². The van der Waals surface area contributed by atoms with E-state index in [1.807, 2.05) is 0 Å². The van der Waals surface area contributed by atoms with Gasteiger partial charge in [-0.1, -0.05) is 11.6 Å². The van der Waals surface area contributed by atoms with Crippen molar-refractivity contribution in [3.8, 4) is 17.2 Å². The maximum atomic E-state index is 12.1. The van der Waals surface area contributed by atoms with Crippen LogP contribution in [0.25, 0.3) is 0 Å². The standard InChI is InChI=1S/C16H15ClN2O4/c1-21-13-4-2-10(17)8-12(13)19-16(20)18-11-3-5-14-15(9-11)23-7-6-22-14/h2-5,8-9H,6-7H2,1H3,(H2,18,19,20). The third kappa shape index (κ3) is 3.60. The number of fused-ring (bicyclic) bond motifs is 1. The molecule has 0 bridgehead atoms. The van der Waals surface area contributed by atoms with Gasteiger partial charge in [0.05, 0.1) is 12.8 Å². The number of benzene rings is 2. The monoisotopic (exact) mass is 334 g/mol. The first-order valence-corrected chi connectivity index (χ1v) is 7.35. The number of nitrogens with one attached hydrogen (secondary N) is 2. The van der Waals surface area contributed by atoms with Crippen LogP contribution in [0.5, 0.6) is 17.2 Å². The van der Waals surface area contributed by atoms with Crippen LogP contribution in [0.15, 0.2) is 36.4 Å². The zero-order chi connectivity index (χ0) is 16.2. The van der Waals surface area contributed by atoms with Gasteiger partial charge >= 0.3 is 6.03 Å². The van der Waals surface area contributed by atoms with Crippen LogP contribution in [-0.2, 0) is 0 Å². The van der Waals surface area contributed by atoms with E-state index < -0.39 is 6.03 Å². The average molecular weight is 335 g/mol. The molecular formula is C16H15ClN2O4. The fourth-order valence-electron chi connectivity index (χ4n) is 2.18. The van der Waals surface area contributed by atoms with Crippen LogP contribution < -0.4 is 24.8 Å². The average Bonchev–Trinajstić information content (AvgIpc) is 2.55. The molecule has 0 saturated carbocycles. The molecule has 6 nitrogen and oxygen atoms in total. The molecule has 0 aliphatic carbocycles. The highest BCUT2D eigenvalue weighted by Gasteiger charge is 2.13. The number of carbonyl (C=O) groups excluding carboxylic acids is 1. The third-order valence-electron chi connectivity index (χ3n) is 3.21. The largest absolute Gasteiger partial charge is 0.495 e. The number of urea groups is 1. The SMILES string of the molecule is COc1ccc(Cl)cc1NC(=O)Nc1ccc2c(c1)OCCO2. The predicted octanol–water partition coefficient (Wildman–Crippen LogP) is 3.76. The Balaban J connectivity index is 1.71. The normalized spacial score (nSPS) is 12.4. The minimum absolute atomic E-state index is 0.415. The summed E-state index contributed by atoms with van der Waals surface area (Å²) in [4.78, 5) is 12.1. The minimum atomic E-state index is -0.415. The van der Waals surface area contributed by atoms with Crippen molar-refractivity contribution in [2.75, 3.05) is 31.0 Å². The third-order valence-corrected chi connectivity index (χ3v) is 3.44. The minimum Gasteiger partial charge on any atom is -0.495 e. The Morgan fingerprint density at radius 2 is 1.87 bits per heavy atom. The van der Waals surface area contributed by atoms with Crippen LogP contribution >= 0.6 is 11.6 Å². The second-order valence-corrected chi connectivity index (χ2v) is 5.22. The Bertz CT molecular complexity index is 736. The Morgan fingerprint density at radius 3 is 2.65 bits per heavy atom. The zero-order valence-corrected chi connectivity index (χ0v) is 13.1. The summed E-state index contributed by atoms with van der Waals surface area (Å²) in [5.74, 6) is 1.79. The number of carbonyl (C=O) groups is 1. The summed E-state index contributed by atoms with van der Waals surface area (Å²) in [6, 6.07) is 9.77. The lowest BCUT2D eigenvalue weighted by Gasteiger charge is -2.19. The first-order valence-electron chi connectivity index (χ1n) is 6.97. The molecule has 7 heteroatoms. The number of halogens is 1. The number of amides is 2. The number of rotatable bonds is 3. The van der Waals surface area contributed by atoms with Gasteiger partial charge in [-0.05, 0) is 30.3 Å². The molecule has 1 aliphatic heterocycles. The Labute approximate surface area is 138 Å². The van der Waals surface area contributed by atoms with Gasteiger partial charge < -0.3 is 24.8 Å². The topological polar surface area (TPSA) is 68.8 Å². The second-order valence-electron chi connectivity index (χ2n) is 4.78. The number of ether oxygens (including phenoxy) is 3. The van der Waals surface area contributed by atoms with Crippen LogP contribution in [0.1, 0.15) is 0 Å². The summed E-state index contributed by atoms with van der Waals surface area (Å²) in [5.41, 5.74) is 1.07. The lowest BCUT2D eigenvalue weighted by molar-refractivity contribution is 0.171. The Kier molecular flexibility index (Phi) is 4.43. The van der Waals surface area contributed by atoms with E-state index in [0.29, 0.717) is 46.9 Å². The van der Waals surface area contributed by atoms with E-state index in [1.165, 1.54) is 7.11 Å². The van der Waals surface area contributed by atoms with Crippen molar-refractivity contribution < 1.29 is 19.0 Å². The fourth-order valence-corrected chi connectivity index (χ4v) is 2.36. The molecule has 0 aromatic heterocycles. The Hall–Kier alpha value is -2.60. The van der Waals surface area contributed by atoms with Crippen molar-refractivity contribution in [3.63, 3.8) is 0 Å². The fraction of sp³-hybridized carbons (Fsp3) is 0.188. The number of hydrogen-bond acceptors (Lipinski definition) is 4. The van der Waals surface area contributed by atoms with Gasteiger partial charge in [0.1, 0.15) is 19.0 Å². The zero-order valence-electron chi connectivity index (χ0n) is 12.4. The van der Waals surface area contributed by atoms with Gasteiger partial charge in [0, 0.05) is 16.8 Å². The van der Waals surface area contributed by atoms with E-state index in [-0.39, 0.29) is 0 Å². The summed E-state index contributed by atoms with van der Waals surface area (Å²) in [5, 5.41) is 5.93. The molecule has 1 aliphatic rings. The van der Waals surface area contributed by atoms with Crippen molar-refractivity contribution in [1.82, 2.24) is 0 Å².